The van der Waals surface area contributed by atoms with Gasteiger partial charge in [0.05, 0.1) is 17.6 Å². The maximum Gasteiger partial charge on any atom is 0.243 e. The number of carbonyl (C=O) groups is 1. The normalized spacial score (nSPS) is 15.6. The smallest absolute Gasteiger partial charge is 0.243 e. The molecule has 2 heterocycles. The molecule has 7 nitrogen and oxygen atoms in total. The summed E-state index contributed by atoms with van der Waals surface area (Å²) in [5.74, 6) is 0.193. The lowest BCUT2D eigenvalue weighted by atomic mass is 9.97. The van der Waals surface area contributed by atoms with Gasteiger partial charge in [-0.2, -0.15) is 9.40 Å². The van der Waals surface area contributed by atoms with Gasteiger partial charge in [-0.25, -0.2) is 13.1 Å². The van der Waals surface area contributed by atoms with E-state index < -0.39 is 10.0 Å². The predicted octanol–water partition coefficient (Wildman–Crippen LogP) is 4.28. The number of hydrogen-bond acceptors (Lipinski definition) is 4. The number of sulfonamides is 1. The lowest BCUT2D eigenvalue weighted by Gasteiger charge is -2.30. The number of benzene rings is 2. The van der Waals surface area contributed by atoms with Gasteiger partial charge in [-0.3, -0.25) is 4.79 Å². The summed E-state index contributed by atoms with van der Waals surface area (Å²) in [6, 6.07) is 15.3. The molecular weight excluding hydrogens is 471 g/mol. The van der Waals surface area contributed by atoms with E-state index in [1.54, 1.807) is 29.1 Å². The number of carbonyl (C=O) groups excluding carboxylic acids is 1. The number of nitrogens with zero attached hydrogens (tertiary/aromatic N) is 3. The summed E-state index contributed by atoms with van der Waals surface area (Å²) in [5.41, 5.74) is 1.01. The molecule has 1 N–H and O–H groups in total. The van der Waals surface area contributed by atoms with Crippen LogP contribution in [0.5, 0.6) is 0 Å². The number of rotatable bonds is 6. The van der Waals surface area contributed by atoms with Gasteiger partial charge < -0.3 is 5.32 Å². The Morgan fingerprint density at radius 2 is 1.56 bits per heavy atom. The second kappa shape index (κ2) is 9.62. The van der Waals surface area contributed by atoms with Gasteiger partial charge in [-0.15, -0.1) is 0 Å². The second-order valence-electron chi connectivity index (χ2n) is 7.62. The summed E-state index contributed by atoms with van der Waals surface area (Å²) >= 11 is 11.8. The maximum absolute atomic E-state index is 12.8. The topological polar surface area (TPSA) is 84.3 Å². The van der Waals surface area contributed by atoms with Gasteiger partial charge in [0.1, 0.15) is 5.82 Å². The van der Waals surface area contributed by atoms with Crippen molar-refractivity contribution in [2.45, 2.75) is 24.3 Å². The fraction of sp³-hybridized carbons (Fsp3) is 0.273. The van der Waals surface area contributed by atoms with Crippen LogP contribution in [-0.2, 0) is 21.4 Å². The van der Waals surface area contributed by atoms with Crippen LogP contribution in [0.3, 0.4) is 0 Å². The van der Waals surface area contributed by atoms with Crippen molar-refractivity contribution in [2.75, 3.05) is 18.4 Å². The Morgan fingerprint density at radius 3 is 2.19 bits per heavy atom. The van der Waals surface area contributed by atoms with Gasteiger partial charge in [0.25, 0.3) is 0 Å². The minimum Gasteiger partial charge on any atom is -0.311 e. The Kier molecular flexibility index (Phi) is 6.85. The average Bonchev–Trinajstić information content (AvgIpc) is 3.22. The first-order chi connectivity index (χ1) is 15.3. The number of aromatic nitrogens is 2. The molecule has 2 aromatic carbocycles. The van der Waals surface area contributed by atoms with E-state index in [-0.39, 0.29) is 29.8 Å². The summed E-state index contributed by atoms with van der Waals surface area (Å²) in [7, 11) is -3.60. The third-order valence-electron chi connectivity index (χ3n) is 5.49. The largest absolute Gasteiger partial charge is 0.311 e. The highest BCUT2D eigenvalue weighted by molar-refractivity contribution is 7.89. The molecule has 4 rings (SSSR count). The molecule has 1 amide bonds. The summed E-state index contributed by atoms with van der Waals surface area (Å²) in [4.78, 5) is 13.0. The average molecular weight is 493 g/mol. The van der Waals surface area contributed by atoms with E-state index >= 15 is 0 Å². The first-order valence-electron chi connectivity index (χ1n) is 10.2. The molecule has 10 heteroatoms. The van der Waals surface area contributed by atoms with Gasteiger partial charge in [0, 0.05) is 35.1 Å². The molecule has 1 fully saturated rings. The van der Waals surface area contributed by atoms with Crippen LogP contribution in [0.4, 0.5) is 5.82 Å². The number of nitrogens with one attached hydrogen (secondary N) is 1. The van der Waals surface area contributed by atoms with Crippen LogP contribution in [0.25, 0.3) is 0 Å². The zero-order chi connectivity index (χ0) is 22.7. The summed E-state index contributed by atoms with van der Waals surface area (Å²) < 4.78 is 28.8. The molecule has 0 spiro atoms. The molecule has 0 unspecified atom stereocenters. The Labute approximate surface area is 197 Å². The first-order valence-corrected chi connectivity index (χ1v) is 12.4. The molecule has 0 saturated carbocycles. The highest BCUT2D eigenvalue weighted by atomic mass is 35.5. The van der Waals surface area contributed by atoms with Crippen LogP contribution < -0.4 is 5.32 Å². The van der Waals surface area contributed by atoms with Gasteiger partial charge in [-0.05, 0) is 54.8 Å². The minimum atomic E-state index is -3.60. The van der Waals surface area contributed by atoms with Crippen molar-refractivity contribution in [2.24, 2.45) is 5.92 Å². The van der Waals surface area contributed by atoms with Crippen molar-refractivity contribution in [1.29, 1.82) is 0 Å². The molecule has 1 aliphatic rings. The molecule has 32 heavy (non-hydrogen) atoms. The van der Waals surface area contributed by atoms with E-state index in [2.05, 4.69) is 10.4 Å². The van der Waals surface area contributed by atoms with E-state index in [1.807, 2.05) is 24.3 Å². The quantitative estimate of drug-likeness (QED) is 0.556. The van der Waals surface area contributed by atoms with Crippen LogP contribution in [0, 0.1) is 5.92 Å². The van der Waals surface area contributed by atoms with Gasteiger partial charge in [-0.1, -0.05) is 35.3 Å². The second-order valence-corrected chi connectivity index (χ2v) is 10.4. The highest BCUT2D eigenvalue weighted by Crippen LogP contribution is 2.26. The van der Waals surface area contributed by atoms with E-state index in [0.29, 0.717) is 35.2 Å². The minimum absolute atomic E-state index is 0.133. The zero-order valence-corrected chi connectivity index (χ0v) is 19.4. The van der Waals surface area contributed by atoms with Crippen LogP contribution in [0.1, 0.15) is 18.4 Å². The highest BCUT2D eigenvalue weighted by Gasteiger charge is 2.32. The van der Waals surface area contributed by atoms with Gasteiger partial charge in [0.2, 0.25) is 15.9 Å². The van der Waals surface area contributed by atoms with Gasteiger partial charge in [0.15, 0.2) is 0 Å². The Morgan fingerprint density at radius 1 is 0.969 bits per heavy atom. The number of halogens is 2. The maximum atomic E-state index is 12.8. The van der Waals surface area contributed by atoms with Crippen molar-refractivity contribution in [3.63, 3.8) is 0 Å². The molecule has 3 aromatic rings. The van der Waals surface area contributed by atoms with E-state index in [4.69, 9.17) is 23.2 Å². The standard InChI is InChI=1S/C22H22Cl2N4O3S/c23-18-3-1-16(2-4-18)15-28-21(9-12-25-28)26-22(29)17-10-13-27(14-11-17)32(30,31)20-7-5-19(24)6-8-20/h1-9,12,17H,10-11,13-15H2,(H,26,29). The van der Waals surface area contributed by atoms with Crippen LogP contribution in [-0.4, -0.2) is 41.5 Å². The lowest BCUT2D eigenvalue weighted by Crippen LogP contribution is -2.41. The third-order valence-corrected chi connectivity index (χ3v) is 7.91. The van der Waals surface area contributed by atoms with E-state index in [9.17, 15) is 13.2 Å². The Bertz CT molecular complexity index is 1190. The van der Waals surface area contributed by atoms with Crippen LogP contribution in [0.2, 0.25) is 10.0 Å². The van der Waals surface area contributed by atoms with Crippen molar-refractivity contribution < 1.29 is 13.2 Å². The molecule has 0 radical (unpaired) electrons. The molecular formula is C22H22Cl2N4O3S. The van der Waals surface area contributed by atoms with Gasteiger partial charge >= 0.3 is 0 Å². The molecule has 0 aliphatic carbocycles. The third kappa shape index (κ3) is 5.15. The van der Waals surface area contributed by atoms with Crippen molar-refractivity contribution in [3.8, 4) is 0 Å². The predicted molar refractivity (Wildman–Crippen MR) is 124 cm³/mol. The van der Waals surface area contributed by atoms with Crippen LogP contribution >= 0.6 is 23.2 Å². The summed E-state index contributed by atoms with van der Waals surface area (Å²) in [6.07, 6.45) is 2.53. The summed E-state index contributed by atoms with van der Waals surface area (Å²) in [5, 5.41) is 8.36. The Balaban J connectivity index is 1.36. The van der Waals surface area contributed by atoms with Crippen molar-refractivity contribution >= 4 is 45.0 Å². The number of amides is 1. The monoisotopic (exact) mass is 492 g/mol. The molecule has 0 bridgehead atoms. The molecule has 1 saturated heterocycles. The van der Waals surface area contributed by atoms with Crippen LogP contribution in [0.15, 0.2) is 65.7 Å². The van der Waals surface area contributed by atoms with E-state index in [0.717, 1.165) is 5.56 Å². The SMILES string of the molecule is O=C(Nc1ccnn1Cc1ccc(Cl)cc1)C1CCN(S(=O)(=O)c2ccc(Cl)cc2)CC1. The van der Waals surface area contributed by atoms with Crippen molar-refractivity contribution in [3.05, 3.63) is 76.4 Å². The molecule has 1 aromatic heterocycles. The van der Waals surface area contributed by atoms with E-state index in [1.165, 1.54) is 16.4 Å². The molecule has 0 atom stereocenters. The fourth-order valence-electron chi connectivity index (χ4n) is 3.67. The number of hydrogen-bond donors (Lipinski definition) is 1. The fourth-order valence-corrected chi connectivity index (χ4v) is 5.39. The molecule has 168 valence electrons. The zero-order valence-electron chi connectivity index (χ0n) is 17.1. The lowest BCUT2D eigenvalue weighted by molar-refractivity contribution is -0.121. The first kappa shape index (κ1) is 22.8. The number of anilines is 1. The summed E-state index contributed by atoms with van der Waals surface area (Å²) in [6.45, 7) is 1.07. The number of piperidine rings is 1. The Hall–Kier alpha value is -2.39. The molecule has 1 aliphatic heterocycles. The van der Waals surface area contributed by atoms with Crippen molar-refractivity contribution in [1.82, 2.24) is 14.1 Å².